The van der Waals surface area contributed by atoms with Gasteiger partial charge in [-0.2, -0.15) is 0 Å². The third-order valence-corrected chi connectivity index (χ3v) is 3.75. The van der Waals surface area contributed by atoms with E-state index in [4.69, 9.17) is 10.5 Å². The van der Waals surface area contributed by atoms with Gasteiger partial charge in [0.05, 0.1) is 6.61 Å². The molecule has 1 aliphatic carbocycles. The van der Waals surface area contributed by atoms with E-state index in [9.17, 15) is 0 Å². The van der Waals surface area contributed by atoms with Crippen LogP contribution < -0.4 is 10.5 Å². The summed E-state index contributed by atoms with van der Waals surface area (Å²) in [4.78, 5) is 0. The number of ether oxygens (including phenoxy) is 1. The van der Waals surface area contributed by atoms with Gasteiger partial charge in [-0.15, -0.1) is 0 Å². The molecule has 1 saturated carbocycles. The summed E-state index contributed by atoms with van der Waals surface area (Å²) in [5.74, 6) is 1.86. The molecular weight excluding hydrogens is 234 g/mol. The molecular formula is C17H27NO. The predicted octanol–water partition coefficient (Wildman–Crippen LogP) is 3.66. The van der Waals surface area contributed by atoms with E-state index in [0.717, 1.165) is 37.7 Å². The Morgan fingerprint density at radius 1 is 1.26 bits per heavy atom. The fourth-order valence-electron chi connectivity index (χ4n) is 2.17. The SMILES string of the molecule is CC(C)(C)c1ccc(OCC2CC2)c(CCCN)c1. The van der Waals surface area contributed by atoms with E-state index in [-0.39, 0.29) is 5.41 Å². The highest BCUT2D eigenvalue weighted by Gasteiger charge is 2.23. The van der Waals surface area contributed by atoms with E-state index in [2.05, 4.69) is 39.0 Å². The van der Waals surface area contributed by atoms with Gasteiger partial charge in [-0.05, 0) is 60.8 Å². The van der Waals surface area contributed by atoms with Crippen molar-refractivity contribution in [1.29, 1.82) is 0 Å². The lowest BCUT2D eigenvalue weighted by Gasteiger charge is -2.21. The molecule has 0 spiro atoms. The zero-order chi connectivity index (χ0) is 13.9. The highest BCUT2D eigenvalue weighted by molar-refractivity contribution is 5.40. The summed E-state index contributed by atoms with van der Waals surface area (Å²) in [5, 5.41) is 0. The zero-order valence-electron chi connectivity index (χ0n) is 12.5. The highest BCUT2D eigenvalue weighted by Crippen LogP contribution is 2.32. The molecule has 0 saturated heterocycles. The van der Waals surface area contributed by atoms with Crippen molar-refractivity contribution in [2.75, 3.05) is 13.2 Å². The average molecular weight is 261 g/mol. The van der Waals surface area contributed by atoms with E-state index in [1.54, 1.807) is 0 Å². The minimum Gasteiger partial charge on any atom is -0.493 e. The average Bonchev–Trinajstić information content (AvgIpc) is 3.17. The van der Waals surface area contributed by atoms with Gasteiger partial charge >= 0.3 is 0 Å². The molecule has 1 aliphatic rings. The van der Waals surface area contributed by atoms with E-state index >= 15 is 0 Å². The predicted molar refractivity (Wildman–Crippen MR) is 80.7 cm³/mol. The first-order valence-corrected chi connectivity index (χ1v) is 7.47. The summed E-state index contributed by atoms with van der Waals surface area (Å²) in [6.07, 6.45) is 4.70. The van der Waals surface area contributed by atoms with Crippen molar-refractivity contribution in [2.24, 2.45) is 11.7 Å². The lowest BCUT2D eigenvalue weighted by Crippen LogP contribution is -2.12. The second kappa shape index (κ2) is 5.96. The molecule has 0 heterocycles. The van der Waals surface area contributed by atoms with Crippen molar-refractivity contribution in [3.8, 4) is 5.75 Å². The molecule has 0 unspecified atom stereocenters. The molecule has 2 N–H and O–H groups in total. The first-order valence-electron chi connectivity index (χ1n) is 7.47. The quantitative estimate of drug-likeness (QED) is 0.848. The van der Waals surface area contributed by atoms with Crippen LogP contribution in [-0.4, -0.2) is 13.2 Å². The van der Waals surface area contributed by atoms with Crippen LogP contribution >= 0.6 is 0 Å². The maximum absolute atomic E-state index is 5.98. The van der Waals surface area contributed by atoms with Crippen LogP contribution in [0.2, 0.25) is 0 Å². The van der Waals surface area contributed by atoms with Gasteiger partial charge in [0.25, 0.3) is 0 Å². The number of aryl methyl sites for hydroxylation is 1. The van der Waals surface area contributed by atoms with Crippen LogP contribution in [0.15, 0.2) is 18.2 Å². The monoisotopic (exact) mass is 261 g/mol. The molecule has 0 aliphatic heterocycles. The van der Waals surface area contributed by atoms with Crippen molar-refractivity contribution in [3.05, 3.63) is 29.3 Å². The Kier molecular flexibility index (Phi) is 4.51. The maximum atomic E-state index is 5.98. The molecule has 106 valence electrons. The van der Waals surface area contributed by atoms with Crippen LogP contribution in [0.1, 0.15) is 51.2 Å². The standard InChI is InChI=1S/C17H27NO/c1-17(2,3)15-8-9-16(19-12-13-6-7-13)14(11-15)5-4-10-18/h8-9,11,13H,4-7,10,12,18H2,1-3H3. The Hall–Kier alpha value is -1.02. The van der Waals surface area contributed by atoms with Gasteiger partial charge in [0.2, 0.25) is 0 Å². The second-order valence-electron chi connectivity index (χ2n) is 6.72. The van der Waals surface area contributed by atoms with Crippen LogP contribution in [0.5, 0.6) is 5.75 Å². The number of hydrogen-bond donors (Lipinski definition) is 1. The molecule has 1 aromatic carbocycles. The van der Waals surface area contributed by atoms with Crippen LogP contribution in [0.4, 0.5) is 0 Å². The van der Waals surface area contributed by atoms with Gasteiger partial charge < -0.3 is 10.5 Å². The Bertz CT molecular complexity index is 416. The molecule has 0 atom stereocenters. The number of nitrogens with two attached hydrogens (primary N) is 1. The van der Waals surface area contributed by atoms with Gasteiger partial charge in [-0.3, -0.25) is 0 Å². The Morgan fingerprint density at radius 3 is 2.58 bits per heavy atom. The summed E-state index contributed by atoms with van der Waals surface area (Å²) in [5.41, 5.74) is 8.52. The van der Waals surface area contributed by atoms with Crippen molar-refractivity contribution in [2.45, 2.75) is 51.9 Å². The smallest absolute Gasteiger partial charge is 0.122 e. The Labute approximate surface area is 117 Å². The first kappa shape index (κ1) is 14.4. The van der Waals surface area contributed by atoms with Crippen molar-refractivity contribution in [1.82, 2.24) is 0 Å². The van der Waals surface area contributed by atoms with Crippen LogP contribution in [-0.2, 0) is 11.8 Å². The van der Waals surface area contributed by atoms with Gasteiger partial charge in [0.15, 0.2) is 0 Å². The Morgan fingerprint density at radius 2 is 2.00 bits per heavy atom. The van der Waals surface area contributed by atoms with Crippen LogP contribution in [0.25, 0.3) is 0 Å². The fourth-order valence-corrected chi connectivity index (χ4v) is 2.17. The van der Waals surface area contributed by atoms with Crippen molar-refractivity contribution >= 4 is 0 Å². The summed E-state index contributed by atoms with van der Waals surface area (Å²) in [6, 6.07) is 6.65. The van der Waals surface area contributed by atoms with E-state index in [0.29, 0.717) is 0 Å². The highest BCUT2D eigenvalue weighted by atomic mass is 16.5. The molecule has 1 aromatic rings. The molecule has 0 radical (unpaired) electrons. The third-order valence-electron chi connectivity index (χ3n) is 3.75. The minimum atomic E-state index is 0.187. The van der Waals surface area contributed by atoms with Gasteiger partial charge in [0.1, 0.15) is 5.75 Å². The Balaban J connectivity index is 2.14. The fraction of sp³-hybridized carbons (Fsp3) is 0.647. The maximum Gasteiger partial charge on any atom is 0.122 e. The van der Waals surface area contributed by atoms with Crippen LogP contribution in [0.3, 0.4) is 0 Å². The first-order chi connectivity index (χ1) is 9.00. The van der Waals surface area contributed by atoms with Crippen molar-refractivity contribution < 1.29 is 4.74 Å². The van der Waals surface area contributed by atoms with E-state index < -0.39 is 0 Å². The van der Waals surface area contributed by atoms with Crippen LogP contribution in [0, 0.1) is 5.92 Å². The van der Waals surface area contributed by atoms with Gasteiger partial charge in [0, 0.05) is 0 Å². The lowest BCUT2D eigenvalue weighted by molar-refractivity contribution is 0.296. The topological polar surface area (TPSA) is 35.2 Å². The molecule has 0 bridgehead atoms. The molecule has 2 heteroatoms. The van der Waals surface area contributed by atoms with E-state index in [1.165, 1.54) is 24.0 Å². The number of hydrogen-bond acceptors (Lipinski definition) is 2. The molecule has 2 nitrogen and oxygen atoms in total. The molecule has 2 rings (SSSR count). The van der Waals surface area contributed by atoms with Crippen molar-refractivity contribution in [3.63, 3.8) is 0 Å². The number of benzene rings is 1. The summed E-state index contributed by atoms with van der Waals surface area (Å²) < 4.78 is 5.98. The zero-order valence-corrected chi connectivity index (χ0v) is 12.5. The molecule has 0 amide bonds. The normalized spacial score (nSPS) is 15.6. The summed E-state index contributed by atoms with van der Waals surface area (Å²) in [6.45, 7) is 8.37. The third kappa shape index (κ3) is 4.24. The molecule has 19 heavy (non-hydrogen) atoms. The minimum absolute atomic E-state index is 0.187. The molecule has 0 aromatic heterocycles. The second-order valence-corrected chi connectivity index (χ2v) is 6.72. The number of rotatable bonds is 6. The van der Waals surface area contributed by atoms with Gasteiger partial charge in [-0.25, -0.2) is 0 Å². The molecule has 1 fully saturated rings. The largest absolute Gasteiger partial charge is 0.493 e. The van der Waals surface area contributed by atoms with E-state index in [1.807, 2.05) is 0 Å². The summed E-state index contributed by atoms with van der Waals surface area (Å²) in [7, 11) is 0. The lowest BCUT2D eigenvalue weighted by atomic mass is 9.85. The summed E-state index contributed by atoms with van der Waals surface area (Å²) >= 11 is 0. The van der Waals surface area contributed by atoms with Gasteiger partial charge in [-0.1, -0.05) is 32.9 Å².